The molecule has 29 heavy (non-hydrogen) atoms. The van der Waals surface area contributed by atoms with Crippen LogP contribution in [-0.4, -0.2) is 47.5 Å². The molecule has 4 rings (SSSR count). The van der Waals surface area contributed by atoms with Gasteiger partial charge in [0.1, 0.15) is 11.4 Å². The molecule has 4 aromatic rings. The molecule has 0 fully saturated rings. The number of hydrogen-bond acceptors (Lipinski definition) is 7. The lowest BCUT2D eigenvalue weighted by atomic mass is 10.1. The average molecular weight is 407 g/mol. The quantitative estimate of drug-likeness (QED) is 0.337. The molecule has 0 saturated carbocycles. The summed E-state index contributed by atoms with van der Waals surface area (Å²) in [5.74, 6) is 0.868. The first-order valence-corrected chi connectivity index (χ1v) is 10.4. The number of nitrogens with one attached hydrogen (secondary N) is 1. The van der Waals surface area contributed by atoms with Gasteiger partial charge in [0, 0.05) is 31.5 Å². The number of hydrogen-bond donors (Lipinski definition) is 1. The van der Waals surface area contributed by atoms with Crippen LogP contribution in [0.15, 0.2) is 65.8 Å². The topological polar surface area (TPSA) is 86.3 Å². The zero-order valence-corrected chi connectivity index (χ0v) is 17.0. The van der Waals surface area contributed by atoms with E-state index in [0.717, 1.165) is 34.4 Å². The minimum Gasteiger partial charge on any atom is -0.310 e. The Bertz CT molecular complexity index is 1030. The maximum Gasteiger partial charge on any atom is 0.209 e. The number of aromatic nitrogens is 7. The first kappa shape index (κ1) is 19.3. The van der Waals surface area contributed by atoms with Crippen molar-refractivity contribution in [2.24, 2.45) is 7.05 Å². The van der Waals surface area contributed by atoms with Crippen molar-refractivity contribution < 1.29 is 0 Å². The van der Waals surface area contributed by atoms with Gasteiger partial charge in [0.25, 0.3) is 0 Å². The highest BCUT2D eigenvalue weighted by molar-refractivity contribution is 7.99. The van der Waals surface area contributed by atoms with E-state index in [4.69, 9.17) is 10.2 Å². The van der Waals surface area contributed by atoms with Crippen LogP contribution in [0.2, 0.25) is 0 Å². The molecule has 9 heteroatoms. The van der Waals surface area contributed by atoms with Crippen molar-refractivity contribution in [3.8, 4) is 11.3 Å². The van der Waals surface area contributed by atoms with Crippen LogP contribution in [0.4, 0.5) is 0 Å². The molecule has 2 heterocycles. The third-order valence-corrected chi connectivity index (χ3v) is 5.33. The largest absolute Gasteiger partial charge is 0.310 e. The standard InChI is InChI=1S/C20H22N8S/c1-27-20(22-25-26-27)29-13-12-21-14-18-19(17-10-6-3-7-11-17)24-28(23-18)15-16-8-4-2-5-9-16/h2-11,21H,12-15H2,1H3. The molecule has 0 amide bonds. The lowest BCUT2D eigenvalue weighted by Crippen LogP contribution is -2.18. The Hall–Kier alpha value is -3.04. The second kappa shape index (κ2) is 9.44. The zero-order chi connectivity index (χ0) is 19.9. The molecule has 148 valence electrons. The van der Waals surface area contributed by atoms with E-state index in [1.54, 1.807) is 21.2 Å². The molecule has 0 atom stereocenters. The molecule has 1 N–H and O–H groups in total. The highest BCUT2D eigenvalue weighted by Crippen LogP contribution is 2.20. The van der Waals surface area contributed by atoms with Crippen molar-refractivity contribution in [3.63, 3.8) is 0 Å². The lowest BCUT2D eigenvalue weighted by Gasteiger charge is -2.04. The molecule has 0 spiro atoms. The van der Waals surface area contributed by atoms with Crippen LogP contribution < -0.4 is 5.32 Å². The van der Waals surface area contributed by atoms with E-state index in [1.807, 2.05) is 43.4 Å². The molecule has 0 aliphatic rings. The van der Waals surface area contributed by atoms with Gasteiger partial charge in [-0.1, -0.05) is 72.4 Å². The van der Waals surface area contributed by atoms with Crippen molar-refractivity contribution in [2.45, 2.75) is 18.2 Å². The van der Waals surface area contributed by atoms with Crippen LogP contribution >= 0.6 is 11.8 Å². The average Bonchev–Trinajstić information content (AvgIpc) is 3.35. The third kappa shape index (κ3) is 5.07. The Morgan fingerprint density at radius 3 is 2.45 bits per heavy atom. The Morgan fingerprint density at radius 1 is 0.966 bits per heavy atom. The summed E-state index contributed by atoms with van der Waals surface area (Å²) in [6.45, 7) is 2.11. The van der Waals surface area contributed by atoms with E-state index >= 15 is 0 Å². The summed E-state index contributed by atoms with van der Waals surface area (Å²) in [6.07, 6.45) is 0. The van der Waals surface area contributed by atoms with Crippen LogP contribution in [0.3, 0.4) is 0 Å². The summed E-state index contributed by atoms with van der Waals surface area (Å²) in [5.41, 5.74) is 4.11. The fourth-order valence-electron chi connectivity index (χ4n) is 2.90. The van der Waals surface area contributed by atoms with Gasteiger partial charge in [-0.2, -0.15) is 15.0 Å². The van der Waals surface area contributed by atoms with Gasteiger partial charge in [-0.3, -0.25) is 0 Å². The predicted molar refractivity (Wildman–Crippen MR) is 112 cm³/mol. The van der Waals surface area contributed by atoms with Crippen LogP contribution in [0.25, 0.3) is 11.3 Å². The van der Waals surface area contributed by atoms with Crippen molar-refractivity contribution >= 4 is 11.8 Å². The normalized spacial score (nSPS) is 11.1. The summed E-state index contributed by atoms with van der Waals surface area (Å²) in [6, 6.07) is 20.4. The van der Waals surface area contributed by atoms with E-state index in [-0.39, 0.29) is 0 Å². The number of rotatable bonds is 9. The molecule has 0 aliphatic heterocycles. The van der Waals surface area contributed by atoms with Gasteiger partial charge < -0.3 is 5.32 Å². The molecule has 2 aromatic carbocycles. The Morgan fingerprint density at radius 2 is 1.72 bits per heavy atom. The summed E-state index contributed by atoms with van der Waals surface area (Å²) in [7, 11) is 1.84. The highest BCUT2D eigenvalue weighted by Gasteiger charge is 2.13. The fraction of sp³-hybridized carbons (Fsp3) is 0.250. The van der Waals surface area contributed by atoms with Crippen molar-refractivity contribution in [1.29, 1.82) is 0 Å². The van der Waals surface area contributed by atoms with Crippen molar-refractivity contribution in [1.82, 2.24) is 40.5 Å². The Labute approximate surface area is 173 Å². The molecule has 0 radical (unpaired) electrons. The maximum absolute atomic E-state index is 4.76. The molecular formula is C20H22N8S. The van der Waals surface area contributed by atoms with Gasteiger partial charge in [0.15, 0.2) is 0 Å². The SMILES string of the molecule is Cn1nnnc1SCCNCc1nn(Cc2ccccc2)nc1-c1ccccc1. The Balaban J connectivity index is 1.42. The first-order valence-electron chi connectivity index (χ1n) is 9.39. The smallest absolute Gasteiger partial charge is 0.209 e. The second-order valence-corrected chi connectivity index (χ2v) is 7.55. The lowest BCUT2D eigenvalue weighted by molar-refractivity contribution is 0.579. The van der Waals surface area contributed by atoms with Crippen LogP contribution in [0, 0.1) is 0 Å². The predicted octanol–water partition coefficient (Wildman–Crippen LogP) is 2.40. The monoisotopic (exact) mass is 406 g/mol. The summed E-state index contributed by atoms with van der Waals surface area (Å²) < 4.78 is 1.67. The van der Waals surface area contributed by atoms with E-state index in [9.17, 15) is 0 Å². The number of aryl methyl sites for hydroxylation is 1. The number of benzene rings is 2. The molecule has 0 bridgehead atoms. The third-order valence-electron chi connectivity index (χ3n) is 4.32. The van der Waals surface area contributed by atoms with Crippen molar-refractivity contribution in [2.75, 3.05) is 12.3 Å². The Kier molecular flexibility index (Phi) is 6.28. The van der Waals surface area contributed by atoms with Crippen LogP contribution in [-0.2, 0) is 20.1 Å². The van der Waals surface area contributed by atoms with E-state index < -0.39 is 0 Å². The zero-order valence-electron chi connectivity index (χ0n) is 16.1. The van der Waals surface area contributed by atoms with Gasteiger partial charge in [-0.05, 0) is 16.0 Å². The van der Waals surface area contributed by atoms with E-state index in [0.29, 0.717) is 13.1 Å². The molecule has 0 saturated heterocycles. The number of thioether (sulfide) groups is 1. The first-order chi connectivity index (χ1) is 14.3. The molecule has 0 aliphatic carbocycles. The summed E-state index contributed by atoms with van der Waals surface area (Å²) in [5, 5.41) is 25.2. The van der Waals surface area contributed by atoms with Gasteiger partial charge >= 0.3 is 0 Å². The van der Waals surface area contributed by atoms with E-state index in [2.05, 4.69) is 45.1 Å². The van der Waals surface area contributed by atoms with Gasteiger partial charge in [0.05, 0.1) is 6.54 Å². The number of tetrazole rings is 1. The van der Waals surface area contributed by atoms with Gasteiger partial charge in [0.2, 0.25) is 5.16 Å². The van der Waals surface area contributed by atoms with Gasteiger partial charge in [-0.25, -0.2) is 4.68 Å². The summed E-state index contributed by atoms with van der Waals surface area (Å²) in [4.78, 5) is 1.77. The minimum absolute atomic E-state index is 0.648. The molecular weight excluding hydrogens is 384 g/mol. The minimum atomic E-state index is 0.648. The van der Waals surface area contributed by atoms with Crippen LogP contribution in [0.1, 0.15) is 11.3 Å². The van der Waals surface area contributed by atoms with Crippen molar-refractivity contribution in [3.05, 3.63) is 71.9 Å². The van der Waals surface area contributed by atoms with E-state index in [1.165, 1.54) is 5.56 Å². The maximum atomic E-state index is 4.76. The highest BCUT2D eigenvalue weighted by atomic mass is 32.2. The number of nitrogens with zero attached hydrogens (tertiary/aromatic N) is 7. The molecule has 8 nitrogen and oxygen atoms in total. The van der Waals surface area contributed by atoms with Gasteiger partial charge in [-0.15, -0.1) is 5.10 Å². The molecule has 2 aromatic heterocycles. The van der Waals surface area contributed by atoms with Crippen LogP contribution in [0.5, 0.6) is 0 Å². The molecule has 0 unspecified atom stereocenters. The fourth-order valence-corrected chi connectivity index (χ4v) is 3.65. The second-order valence-electron chi connectivity index (χ2n) is 6.49. The summed E-state index contributed by atoms with van der Waals surface area (Å²) >= 11 is 1.62.